The summed E-state index contributed by atoms with van der Waals surface area (Å²) < 4.78 is 0. The number of rotatable bonds is 1. The first-order valence-corrected chi connectivity index (χ1v) is 5.95. The molecule has 1 aliphatic carbocycles. The van der Waals surface area contributed by atoms with Gasteiger partial charge in [0.1, 0.15) is 11.6 Å². The van der Waals surface area contributed by atoms with Crippen LogP contribution in [0.15, 0.2) is 4.99 Å². The largest absolute Gasteiger partial charge is 0.339 e. The fourth-order valence-electron chi connectivity index (χ4n) is 2.44. The van der Waals surface area contributed by atoms with Gasteiger partial charge in [-0.2, -0.15) is 5.26 Å². The molecule has 0 aromatic carbocycles. The maximum atomic E-state index is 11.8. The Bertz CT molecular complexity index is 350. The van der Waals surface area contributed by atoms with E-state index in [0.717, 1.165) is 12.8 Å². The SMILES string of the molecule is CN1C[C@H](C#N)C(=NC2CCCCC2)C1=O. The van der Waals surface area contributed by atoms with E-state index in [0.29, 0.717) is 12.3 Å². The van der Waals surface area contributed by atoms with Crippen LogP contribution in [0.5, 0.6) is 0 Å². The lowest BCUT2D eigenvalue weighted by atomic mass is 9.95. The number of likely N-dealkylation sites (tertiary alicyclic amines) is 1. The quantitative estimate of drug-likeness (QED) is 0.668. The number of hydrogen-bond acceptors (Lipinski definition) is 3. The monoisotopic (exact) mass is 219 g/mol. The van der Waals surface area contributed by atoms with Crippen LogP contribution < -0.4 is 0 Å². The molecule has 1 saturated carbocycles. The van der Waals surface area contributed by atoms with Crippen molar-refractivity contribution in [2.24, 2.45) is 10.9 Å². The highest BCUT2D eigenvalue weighted by atomic mass is 16.2. The van der Waals surface area contributed by atoms with Gasteiger partial charge in [0.25, 0.3) is 5.91 Å². The molecule has 1 amide bonds. The lowest BCUT2D eigenvalue weighted by molar-refractivity contribution is -0.121. The van der Waals surface area contributed by atoms with Crippen molar-refractivity contribution in [3.8, 4) is 6.07 Å². The van der Waals surface area contributed by atoms with Crippen molar-refractivity contribution in [2.45, 2.75) is 38.1 Å². The minimum Gasteiger partial charge on any atom is -0.339 e. The maximum absolute atomic E-state index is 11.8. The van der Waals surface area contributed by atoms with Gasteiger partial charge in [-0.1, -0.05) is 19.3 Å². The highest BCUT2D eigenvalue weighted by molar-refractivity contribution is 6.42. The van der Waals surface area contributed by atoms with Gasteiger partial charge in [-0.05, 0) is 12.8 Å². The van der Waals surface area contributed by atoms with Gasteiger partial charge in [-0.15, -0.1) is 0 Å². The molecular weight excluding hydrogens is 202 g/mol. The number of carbonyl (C=O) groups excluding carboxylic acids is 1. The Balaban J connectivity index is 2.14. The van der Waals surface area contributed by atoms with Gasteiger partial charge in [-0.3, -0.25) is 9.79 Å². The summed E-state index contributed by atoms with van der Waals surface area (Å²) in [5.41, 5.74) is 0.497. The summed E-state index contributed by atoms with van der Waals surface area (Å²) in [7, 11) is 1.73. The molecule has 0 aromatic rings. The Morgan fingerprint density at radius 3 is 2.69 bits per heavy atom. The van der Waals surface area contributed by atoms with Crippen LogP contribution in [0.1, 0.15) is 32.1 Å². The van der Waals surface area contributed by atoms with Gasteiger partial charge in [0.05, 0.1) is 12.1 Å². The average Bonchev–Trinajstić information content (AvgIpc) is 2.58. The number of aliphatic imine (C=N–C) groups is 1. The Hall–Kier alpha value is -1.37. The molecule has 0 bridgehead atoms. The minimum atomic E-state index is -0.320. The second-order valence-electron chi connectivity index (χ2n) is 4.67. The van der Waals surface area contributed by atoms with Crippen molar-refractivity contribution in [3.63, 3.8) is 0 Å². The molecule has 0 unspecified atom stereocenters. The van der Waals surface area contributed by atoms with Crippen LogP contribution in [-0.4, -0.2) is 36.2 Å². The van der Waals surface area contributed by atoms with Crippen LogP contribution in [0.2, 0.25) is 0 Å². The third-order valence-corrected chi connectivity index (χ3v) is 3.40. The molecule has 1 saturated heterocycles. The van der Waals surface area contributed by atoms with Crippen molar-refractivity contribution < 1.29 is 4.79 Å². The first-order chi connectivity index (χ1) is 7.72. The van der Waals surface area contributed by atoms with Crippen LogP contribution in [0, 0.1) is 17.2 Å². The van der Waals surface area contributed by atoms with E-state index >= 15 is 0 Å². The molecule has 1 atom stereocenters. The fraction of sp³-hybridized carbons (Fsp3) is 0.750. The van der Waals surface area contributed by atoms with E-state index in [-0.39, 0.29) is 17.9 Å². The second kappa shape index (κ2) is 4.65. The molecule has 86 valence electrons. The topological polar surface area (TPSA) is 56.5 Å². The number of amides is 1. The molecule has 4 nitrogen and oxygen atoms in total. The van der Waals surface area contributed by atoms with Gasteiger partial charge < -0.3 is 4.90 Å². The summed E-state index contributed by atoms with van der Waals surface area (Å²) in [6, 6.07) is 2.44. The molecule has 2 rings (SSSR count). The summed E-state index contributed by atoms with van der Waals surface area (Å²) in [5, 5.41) is 8.99. The van der Waals surface area contributed by atoms with Crippen molar-refractivity contribution in [1.82, 2.24) is 4.90 Å². The molecule has 0 radical (unpaired) electrons. The summed E-state index contributed by atoms with van der Waals surface area (Å²) in [6.07, 6.45) is 5.81. The third kappa shape index (κ3) is 2.08. The summed E-state index contributed by atoms with van der Waals surface area (Å²) in [5.74, 6) is -0.378. The lowest BCUT2D eigenvalue weighted by Crippen LogP contribution is -2.24. The first kappa shape index (κ1) is 11.1. The molecule has 16 heavy (non-hydrogen) atoms. The normalized spacial score (nSPS) is 29.8. The van der Waals surface area contributed by atoms with Gasteiger partial charge in [-0.25, -0.2) is 0 Å². The number of nitrogens with zero attached hydrogens (tertiary/aromatic N) is 3. The zero-order chi connectivity index (χ0) is 11.5. The first-order valence-electron chi connectivity index (χ1n) is 5.95. The lowest BCUT2D eigenvalue weighted by Gasteiger charge is -2.18. The summed E-state index contributed by atoms with van der Waals surface area (Å²) in [6.45, 7) is 0.501. The molecule has 0 N–H and O–H groups in total. The molecule has 1 aliphatic heterocycles. The molecule has 0 spiro atoms. The Morgan fingerprint density at radius 1 is 1.38 bits per heavy atom. The van der Waals surface area contributed by atoms with Crippen molar-refractivity contribution in [1.29, 1.82) is 5.26 Å². The van der Waals surface area contributed by atoms with Gasteiger partial charge in [0.2, 0.25) is 0 Å². The van der Waals surface area contributed by atoms with Crippen molar-refractivity contribution >= 4 is 11.6 Å². The van der Waals surface area contributed by atoms with Crippen LogP contribution in [0.4, 0.5) is 0 Å². The predicted octanol–water partition coefficient (Wildman–Crippen LogP) is 1.37. The third-order valence-electron chi connectivity index (χ3n) is 3.40. The van der Waals surface area contributed by atoms with E-state index in [2.05, 4.69) is 11.1 Å². The van der Waals surface area contributed by atoms with E-state index in [1.54, 1.807) is 11.9 Å². The molecule has 4 heteroatoms. The highest BCUT2D eigenvalue weighted by Crippen LogP contribution is 2.23. The molecule has 2 fully saturated rings. The van der Waals surface area contributed by atoms with E-state index in [1.165, 1.54) is 19.3 Å². The summed E-state index contributed by atoms with van der Waals surface area (Å²) in [4.78, 5) is 17.9. The van der Waals surface area contributed by atoms with Gasteiger partial charge in [0.15, 0.2) is 0 Å². The van der Waals surface area contributed by atoms with E-state index in [1.807, 2.05) is 0 Å². The van der Waals surface area contributed by atoms with Gasteiger partial charge >= 0.3 is 0 Å². The average molecular weight is 219 g/mol. The molecular formula is C12H17N3O. The van der Waals surface area contributed by atoms with Crippen molar-refractivity contribution in [2.75, 3.05) is 13.6 Å². The van der Waals surface area contributed by atoms with Crippen LogP contribution in [-0.2, 0) is 4.79 Å². The van der Waals surface area contributed by atoms with E-state index in [9.17, 15) is 4.79 Å². The molecule has 0 aromatic heterocycles. The highest BCUT2D eigenvalue weighted by Gasteiger charge is 2.35. The Kier molecular flexibility index (Phi) is 3.23. The molecule has 1 heterocycles. The van der Waals surface area contributed by atoms with Crippen molar-refractivity contribution in [3.05, 3.63) is 0 Å². The minimum absolute atomic E-state index is 0.0582. The Labute approximate surface area is 96.0 Å². The van der Waals surface area contributed by atoms with E-state index < -0.39 is 0 Å². The standard InChI is InChI=1S/C12H17N3O/c1-15-8-9(7-13)11(12(15)16)14-10-5-3-2-4-6-10/h9-10H,2-6,8H2,1H3/t9-/m0/s1. The van der Waals surface area contributed by atoms with Gasteiger partial charge in [0, 0.05) is 13.6 Å². The molecule has 2 aliphatic rings. The maximum Gasteiger partial charge on any atom is 0.269 e. The number of nitriles is 1. The number of carbonyl (C=O) groups is 1. The van der Waals surface area contributed by atoms with Crippen LogP contribution >= 0.6 is 0 Å². The van der Waals surface area contributed by atoms with E-state index in [4.69, 9.17) is 5.26 Å². The second-order valence-corrected chi connectivity index (χ2v) is 4.67. The fourth-order valence-corrected chi connectivity index (χ4v) is 2.44. The Morgan fingerprint density at radius 2 is 2.06 bits per heavy atom. The summed E-state index contributed by atoms with van der Waals surface area (Å²) >= 11 is 0. The van der Waals surface area contributed by atoms with Crippen LogP contribution in [0.25, 0.3) is 0 Å². The zero-order valence-corrected chi connectivity index (χ0v) is 9.65. The van der Waals surface area contributed by atoms with Crippen LogP contribution in [0.3, 0.4) is 0 Å². The zero-order valence-electron chi connectivity index (χ0n) is 9.65. The predicted molar refractivity (Wildman–Crippen MR) is 61.0 cm³/mol. The number of hydrogen-bond donors (Lipinski definition) is 0. The smallest absolute Gasteiger partial charge is 0.269 e.